The van der Waals surface area contributed by atoms with Crippen LogP contribution in [0.5, 0.6) is 0 Å². The average molecular weight is 509 g/mol. The Hall–Kier alpha value is -2.09. The topological polar surface area (TPSA) is 73.0 Å². The monoisotopic (exact) mass is 508 g/mol. The van der Waals surface area contributed by atoms with Crippen LogP contribution < -0.4 is 5.32 Å². The number of unbranched alkanes of at least 4 members (excludes halogenated alkanes) is 1. The predicted octanol–water partition coefficient (Wildman–Crippen LogP) is 3.45. The van der Waals surface area contributed by atoms with Gasteiger partial charge in [-0.3, -0.25) is 14.4 Å². The Balaban J connectivity index is 1.40. The van der Waals surface area contributed by atoms with E-state index in [1.807, 2.05) is 4.90 Å². The minimum Gasteiger partial charge on any atom is -0.352 e. The summed E-state index contributed by atoms with van der Waals surface area (Å²) in [4.78, 5) is 42.5. The standard InChI is InChI=1S/C25H34Cl2N4O3/c1-19(32)28-21-5-4-12-29(18-21)11-2-3-13-30-15-16-31(14-10-25(30)34)24(33)9-7-20-6-8-22(26)23(27)17-20/h6-9,17,21H,2-5,10-16,18H2,1H3,(H,28,32)/b9-7+. The molecule has 2 aliphatic heterocycles. The maximum Gasteiger partial charge on any atom is 0.246 e. The van der Waals surface area contributed by atoms with Gasteiger partial charge in [0.2, 0.25) is 17.7 Å². The number of rotatable bonds is 8. The molecule has 1 aromatic rings. The summed E-state index contributed by atoms with van der Waals surface area (Å²) in [5, 5.41) is 3.94. The van der Waals surface area contributed by atoms with Crippen LogP contribution in [0.1, 0.15) is 44.6 Å². The Labute approximate surface area is 212 Å². The van der Waals surface area contributed by atoms with Gasteiger partial charge < -0.3 is 20.0 Å². The summed E-state index contributed by atoms with van der Waals surface area (Å²) < 4.78 is 0. The third-order valence-electron chi connectivity index (χ3n) is 6.33. The Bertz CT molecular complexity index is 908. The summed E-state index contributed by atoms with van der Waals surface area (Å²) in [6.07, 6.45) is 7.65. The third kappa shape index (κ3) is 8.29. The van der Waals surface area contributed by atoms with Gasteiger partial charge >= 0.3 is 0 Å². The van der Waals surface area contributed by atoms with Crippen molar-refractivity contribution in [3.05, 3.63) is 39.9 Å². The fraction of sp³-hybridized carbons (Fsp3) is 0.560. The van der Waals surface area contributed by atoms with Crippen LogP contribution in [0, 0.1) is 0 Å². The van der Waals surface area contributed by atoms with Crippen LogP contribution in [0.15, 0.2) is 24.3 Å². The van der Waals surface area contributed by atoms with E-state index in [0.717, 1.165) is 50.9 Å². The number of carbonyl (C=O) groups is 3. The van der Waals surface area contributed by atoms with Crippen LogP contribution in [-0.4, -0.2) is 84.3 Å². The maximum atomic E-state index is 12.6. The molecule has 3 rings (SSSR count). The van der Waals surface area contributed by atoms with Crippen molar-refractivity contribution in [1.82, 2.24) is 20.0 Å². The number of hydrogen-bond donors (Lipinski definition) is 1. The molecule has 1 N–H and O–H groups in total. The Morgan fingerprint density at radius 1 is 1.09 bits per heavy atom. The van der Waals surface area contributed by atoms with Gasteiger partial charge in [-0.25, -0.2) is 0 Å². The van der Waals surface area contributed by atoms with E-state index >= 15 is 0 Å². The second-order valence-electron chi connectivity index (χ2n) is 9.01. The lowest BCUT2D eigenvalue weighted by Crippen LogP contribution is -2.47. The van der Waals surface area contributed by atoms with E-state index in [-0.39, 0.29) is 23.8 Å². The molecule has 0 aromatic heterocycles. The molecule has 34 heavy (non-hydrogen) atoms. The second-order valence-corrected chi connectivity index (χ2v) is 9.82. The molecule has 2 heterocycles. The van der Waals surface area contributed by atoms with Crippen molar-refractivity contribution in [2.24, 2.45) is 0 Å². The summed E-state index contributed by atoms with van der Waals surface area (Å²) in [5.74, 6) is 0.0240. The number of likely N-dealkylation sites (tertiary alicyclic amines) is 1. The highest BCUT2D eigenvalue weighted by molar-refractivity contribution is 6.42. The zero-order valence-electron chi connectivity index (χ0n) is 19.8. The molecule has 2 saturated heterocycles. The van der Waals surface area contributed by atoms with E-state index in [9.17, 15) is 14.4 Å². The predicted molar refractivity (Wildman–Crippen MR) is 136 cm³/mol. The molecule has 186 valence electrons. The Kier molecular flexibility index (Phi) is 10.2. The number of nitrogens with one attached hydrogen (secondary N) is 1. The van der Waals surface area contributed by atoms with Gasteiger partial charge in [0.15, 0.2) is 0 Å². The van der Waals surface area contributed by atoms with Crippen LogP contribution in [-0.2, 0) is 14.4 Å². The number of amides is 3. The first-order chi connectivity index (χ1) is 16.3. The number of nitrogens with zero attached hydrogens (tertiary/aromatic N) is 3. The number of hydrogen-bond acceptors (Lipinski definition) is 4. The van der Waals surface area contributed by atoms with Gasteiger partial charge in [-0.05, 0) is 62.5 Å². The molecule has 2 aliphatic rings. The zero-order chi connectivity index (χ0) is 24.5. The average Bonchev–Trinajstić information content (AvgIpc) is 2.98. The van der Waals surface area contributed by atoms with Crippen LogP contribution in [0.3, 0.4) is 0 Å². The normalized spacial score (nSPS) is 20.0. The lowest BCUT2D eigenvalue weighted by molar-refractivity contribution is -0.130. The van der Waals surface area contributed by atoms with Gasteiger partial charge in [0.25, 0.3) is 0 Å². The molecule has 3 amide bonds. The summed E-state index contributed by atoms with van der Waals surface area (Å²) in [5.41, 5.74) is 0.798. The first-order valence-corrected chi connectivity index (χ1v) is 12.8. The van der Waals surface area contributed by atoms with Crippen molar-refractivity contribution in [2.45, 2.75) is 45.1 Å². The Morgan fingerprint density at radius 3 is 2.65 bits per heavy atom. The van der Waals surface area contributed by atoms with Gasteiger partial charge in [0.05, 0.1) is 10.0 Å². The molecule has 7 nitrogen and oxygen atoms in total. The Morgan fingerprint density at radius 2 is 1.88 bits per heavy atom. The van der Waals surface area contributed by atoms with Crippen molar-refractivity contribution in [3.8, 4) is 0 Å². The largest absolute Gasteiger partial charge is 0.352 e. The van der Waals surface area contributed by atoms with Crippen LogP contribution in [0.25, 0.3) is 6.08 Å². The van der Waals surface area contributed by atoms with Crippen molar-refractivity contribution in [2.75, 3.05) is 45.8 Å². The highest BCUT2D eigenvalue weighted by Crippen LogP contribution is 2.23. The quantitative estimate of drug-likeness (QED) is 0.431. The van der Waals surface area contributed by atoms with Gasteiger partial charge in [0, 0.05) is 58.2 Å². The highest BCUT2D eigenvalue weighted by atomic mass is 35.5. The van der Waals surface area contributed by atoms with Crippen molar-refractivity contribution in [3.63, 3.8) is 0 Å². The maximum absolute atomic E-state index is 12.6. The highest BCUT2D eigenvalue weighted by Gasteiger charge is 2.23. The number of benzene rings is 1. The van der Waals surface area contributed by atoms with E-state index < -0.39 is 0 Å². The summed E-state index contributed by atoms with van der Waals surface area (Å²) in [6.45, 7) is 6.72. The summed E-state index contributed by atoms with van der Waals surface area (Å²) >= 11 is 12.0. The van der Waals surface area contributed by atoms with E-state index in [2.05, 4.69) is 10.2 Å². The number of halogens is 2. The van der Waals surface area contributed by atoms with Crippen molar-refractivity contribution in [1.29, 1.82) is 0 Å². The summed E-state index contributed by atoms with van der Waals surface area (Å²) in [7, 11) is 0. The molecule has 2 fully saturated rings. The van der Waals surface area contributed by atoms with E-state index in [4.69, 9.17) is 23.2 Å². The fourth-order valence-electron chi connectivity index (χ4n) is 4.51. The number of carbonyl (C=O) groups excluding carboxylic acids is 3. The molecule has 1 unspecified atom stereocenters. The second kappa shape index (κ2) is 13.1. The molecule has 0 spiro atoms. The minimum absolute atomic E-state index is 0.0314. The molecule has 9 heteroatoms. The van der Waals surface area contributed by atoms with Crippen molar-refractivity contribution < 1.29 is 14.4 Å². The lowest BCUT2D eigenvalue weighted by Gasteiger charge is -2.33. The van der Waals surface area contributed by atoms with Gasteiger partial charge in [-0.1, -0.05) is 29.3 Å². The van der Waals surface area contributed by atoms with Crippen molar-refractivity contribution >= 4 is 47.0 Å². The van der Waals surface area contributed by atoms with Crippen LogP contribution in [0.4, 0.5) is 0 Å². The first-order valence-electron chi connectivity index (χ1n) is 12.0. The SMILES string of the molecule is CC(=O)NC1CCCN(CCCCN2CCN(C(=O)/C=C/c3ccc(Cl)c(Cl)c3)CCC2=O)C1. The lowest BCUT2D eigenvalue weighted by atomic mass is 10.1. The third-order valence-corrected chi connectivity index (χ3v) is 7.07. The van der Waals surface area contributed by atoms with Gasteiger partial charge in [-0.15, -0.1) is 0 Å². The van der Waals surface area contributed by atoms with Crippen LogP contribution >= 0.6 is 23.2 Å². The van der Waals surface area contributed by atoms with Crippen LogP contribution in [0.2, 0.25) is 10.0 Å². The molecular weight excluding hydrogens is 475 g/mol. The molecule has 0 radical (unpaired) electrons. The van der Waals surface area contributed by atoms with Gasteiger partial charge in [0.1, 0.15) is 0 Å². The molecular formula is C25H34Cl2N4O3. The minimum atomic E-state index is -0.112. The zero-order valence-corrected chi connectivity index (χ0v) is 21.3. The molecule has 0 aliphatic carbocycles. The fourth-order valence-corrected chi connectivity index (χ4v) is 4.82. The molecule has 0 bridgehead atoms. The van der Waals surface area contributed by atoms with E-state index in [1.54, 1.807) is 36.1 Å². The number of piperidine rings is 1. The van der Waals surface area contributed by atoms with E-state index in [0.29, 0.717) is 42.6 Å². The van der Waals surface area contributed by atoms with Gasteiger partial charge in [-0.2, -0.15) is 0 Å². The smallest absolute Gasteiger partial charge is 0.246 e. The first kappa shape index (κ1) is 26.5. The molecule has 1 atom stereocenters. The molecule has 0 saturated carbocycles. The molecule has 1 aromatic carbocycles. The summed E-state index contributed by atoms with van der Waals surface area (Å²) in [6, 6.07) is 5.46. The van der Waals surface area contributed by atoms with E-state index in [1.165, 1.54) is 6.08 Å².